The van der Waals surface area contributed by atoms with Gasteiger partial charge in [0.2, 0.25) is 0 Å². The molecule has 0 bridgehead atoms. The van der Waals surface area contributed by atoms with Gasteiger partial charge in [-0.25, -0.2) is 0 Å². The number of aliphatic hydroxyl groups is 1. The van der Waals surface area contributed by atoms with Crippen LogP contribution in [0, 0.1) is 0 Å². The van der Waals surface area contributed by atoms with Gasteiger partial charge in [0.05, 0.1) is 23.5 Å². The van der Waals surface area contributed by atoms with Gasteiger partial charge in [0.25, 0.3) is 0 Å². The number of nitrogens with two attached hydrogens (primary N) is 1. The van der Waals surface area contributed by atoms with Gasteiger partial charge in [-0.05, 0) is 37.3 Å². The van der Waals surface area contributed by atoms with Crippen LogP contribution in [-0.4, -0.2) is 23.8 Å². The molecular weight excluding hydrogens is 200 g/mol. The van der Waals surface area contributed by atoms with E-state index in [1.165, 1.54) is 11.3 Å². The number of nitrogens with zero attached hydrogens (tertiary/aromatic N) is 1. The topological polar surface area (TPSA) is 49.5 Å². The first kappa shape index (κ1) is 9.97. The normalized spacial score (nSPS) is 28.4. The lowest BCUT2D eigenvalue weighted by Crippen LogP contribution is -2.39. The van der Waals surface area contributed by atoms with E-state index < -0.39 is 0 Å². The first-order chi connectivity index (χ1) is 7.77. The van der Waals surface area contributed by atoms with Crippen molar-refractivity contribution in [3.63, 3.8) is 0 Å². The van der Waals surface area contributed by atoms with E-state index in [9.17, 15) is 5.11 Å². The summed E-state index contributed by atoms with van der Waals surface area (Å²) in [5, 5.41) is 9.98. The van der Waals surface area contributed by atoms with Gasteiger partial charge in [0, 0.05) is 6.54 Å². The van der Waals surface area contributed by atoms with Crippen molar-refractivity contribution < 1.29 is 5.11 Å². The van der Waals surface area contributed by atoms with E-state index in [0.29, 0.717) is 0 Å². The fourth-order valence-corrected chi connectivity index (χ4v) is 3.13. The minimum Gasteiger partial charge on any atom is -0.397 e. The molecule has 2 atom stereocenters. The van der Waals surface area contributed by atoms with Crippen LogP contribution in [0.4, 0.5) is 11.4 Å². The zero-order chi connectivity index (χ0) is 11.1. The molecule has 0 saturated heterocycles. The van der Waals surface area contributed by atoms with Gasteiger partial charge in [-0.2, -0.15) is 0 Å². The molecule has 1 heterocycles. The lowest BCUT2D eigenvalue weighted by atomic mass is 10.1. The molecule has 3 N–H and O–H groups in total. The van der Waals surface area contributed by atoms with E-state index in [1.54, 1.807) is 0 Å². The van der Waals surface area contributed by atoms with E-state index in [2.05, 4.69) is 11.0 Å². The Morgan fingerprint density at radius 2 is 2.19 bits per heavy atom. The molecule has 3 rings (SSSR count). The van der Waals surface area contributed by atoms with E-state index in [0.717, 1.165) is 37.9 Å². The number of hydrogen-bond donors (Lipinski definition) is 2. The highest BCUT2D eigenvalue weighted by Gasteiger charge is 2.34. The van der Waals surface area contributed by atoms with Crippen LogP contribution in [0.25, 0.3) is 0 Å². The van der Waals surface area contributed by atoms with E-state index in [4.69, 9.17) is 5.73 Å². The molecule has 0 aromatic heterocycles. The maximum Gasteiger partial charge on any atom is 0.0743 e. The first-order valence-corrected chi connectivity index (χ1v) is 6.09. The maximum absolute atomic E-state index is 9.98. The van der Waals surface area contributed by atoms with Crippen molar-refractivity contribution >= 4 is 11.4 Å². The van der Waals surface area contributed by atoms with Crippen LogP contribution in [0.2, 0.25) is 0 Å². The second-order valence-electron chi connectivity index (χ2n) is 4.86. The lowest BCUT2D eigenvalue weighted by Gasteiger charge is -2.30. The predicted molar refractivity (Wildman–Crippen MR) is 65.6 cm³/mol. The molecule has 1 aliphatic carbocycles. The molecule has 16 heavy (non-hydrogen) atoms. The molecule has 3 nitrogen and oxygen atoms in total. The van der Waals surface area contributed by atoms with Crippen LogP contribution < -0.4 is 10.6 Å². The summed E-state index contributed by atoms with van der Waals surface area (Å²) in [7, 11) is 0. The summed E-state index contributed by atoms with van der Waals surface area (Å²) in [6.45, 7) is 1.01. The van der Waals surface area contributed by atoms with Crippen LogP contribution >= 0.6 is 0 Å². The average Bonchev–Trinajstić information content (AvgIpc) is 2.84. The number of anilines is 2. The van der Waals surface area contributed by atoms with E-state index in [1.807, 2.05) is 12.1 Å². The molecule has 1 saturated carbocycles. The van der Waals surface area contributed by atoms with Crippen molar-refractivity contribution in [3.8, 4) is 0 Å². The van der Waals surface area contributed by atoms with Gasteiger partial charge in [-0.15, -0.1) is 0 Å². The van der Waals surface area contributed by atoms with Gasteiger partial charge >= 0.3 is 0 Å². The maximum atomic E-state index is 9.98. The molecular formula is C13H18N2O. The molecule has 1 aromatic rings. The number of benzene rings is 1. The number of hydrogen-bond acceptors (Lipinski definition) is 3. The molecule has 2 aliphatic rings. The van der Waals surface area contributed by atoms with Crippen LogP contribution in [-0.2, 0) is 6.42 Å². The zero-order valence-electron chi connectivity index (χ0n) is 9.39. The Morgan fingerprint density at radius 3 is 2.94 bits per heavy atom. The van der Waals surface area contributed by atoms with Gasteiger partial charge in [-0.1, -0.05) is 12.1 Å². The standard InChI is InChI=1S/C13H18N2O/c14-10-4-1-3-9-7-8-15(13(9)10)11-5-2-6-12(11)16/h1,3-4,11-12,16H,2,5-8,14H2. The Bertz CT molecular complexity index is 405. The van der Waals surface area contributed by atoms with Crippen LogP contribution in [0.3, 0.4) is 0 Å². The van der Waals surface area contributed by atoms with Gasteiger partial charge in [0.1, 0.15) is 0 Å². The Morgan fingerprint density at radius 1 is 1.31 bits per heavy atom. The predicted octanol–water partition coefficient (Wildman–Crippen LogP) is 1.54. The molecule has 0 spiro atoms. The van der Waals surface area contributed by atoms with Crippen molar-refractivity contribution in [2.45, 2.75) is 37.8 Å². The summed E-state index contributed by atoms with van der Waals surface area (Å²) in [5.74, 6) is 0. The van der Waals surface area contributed by atoms with E-state index in [-0.39, 0.29) is 12.1 Å². The van der Waals surface area contributed by atoms with Gasteiger partial charge < -0.3 is 15.7 Å². The minimum atomic E-state index is -0.175. The van der Waals surface area contributed by atoms with Crippen molar-refractivity contribution in [3.05, 3.63) is 23.8 Å². The number of nitrogen functional groups attached to an aromatic ring is 1. The SMILES string of the molecule is Nc1cccc2c1N(C1CCCC1O)CC2. The summed E-state index contributed by atoms with van der Waals surface area (Å²) in [6, 6.07) is 6.40. The van der Waals surface area contributed by atoms with Crippen molar-refractivity contribution in [1.82, 2.24) is 0 Å². The van der Waals surface area contributed by atoms with Crippen molar-refractivity contribution in [1.29, 1.82) is 0 Å². The fraction of sp³-hybridized carbons (Fsp3) is 0.538. The Kier molecular flexibility index (Phi) is 2.28. The Balaban J connectivity index is 1.96. The summed E-state index contributed by atoms with van der Waals surface area (Å²) in [4.78, 5) is 2.32. The molecule has 2 unspecified atom stereocenters. The van der Waals surface area contributed by atoms with Crippen molar-refractivity contribution in [2.24, 2.45) is 0 Å². The molecule has 1 aliphatic heterocycles. The lowest BCUT2D eigenvalue weighted by molar-refractivity contribution is 0.161. The monoisotopic (exact) mass is 218 g/mol. The Hall–Kier alpha value is -1.22. The second kappa shape index (κ2) is 3.67. The average molecular weight is 218 g/mol. The summed E-state index contributed by atoms with van der Waals surface area (Å²) < 4.78 is 0. The molecule has 0 amide bonds. The Labute approximate surface area is 95.9 Å². The fourth-order valence-electron chi connectivity index (χ4n) is 3.13. The summed E-state index contributed by atoms with van der Waals surface area (Å²) in [6.07, 6.45) is 4.04. The van der Waals surface area contributed by atoms with Crippen LogP contribution in [0.15, 0.2) is 18.2 Å². The van der Waals surface area contributed by atoms with Gasteiger partial charge in [0.15, 0.2) is 0 Å². The molecule has 0 radical (unpaired) electrons. The third-order valence-electron chi connectivity index (χ3n) is 3.90. The summed E-state index contributed by atoms with van der Waals surface area (Å²) >= 11 is 0. The summed E-state index contributed by atoms with van der Waals surface area (Å²) in [5.41, 5.74) is 9.41. The highest BCUT2D eigenvalue weighted by Crippen LogP contribution is 2.38. The number of para-hydroxylation sites is 1. The second-order valence-corrected chi connectivity index (χ2v) is 4.86. The van der Waals surface area contributed by atoms with Crippen LogP contribution in [0.1, 0.15) is 24.8 Å². The van der Waals surface area contributed by atoms with Gasteiger partial charge in [-0.3, -0.25) is 0 Å². The first-order valence-electron chi connectivity index (χ1n) is 6.09. The number of aliphatic hydroxyl groups excluding tert-OH is 1. The smallest absolute Gasteiger partial charge is 0.0743 e. The minimum absolute atomic E-state index is 0.175. The van der Waals surface area contributed by atoms with Crippen LogP contribution in [0.5, 0.6) is 0 Å². The number of rotatable bonds is 1. The quantitative estimate of drug-likeness (QED) is 0.703. The third-order valence-corrected chi connectivity index (χ3v) is 3.90. The molecule has 3 heteroatoms. The van der Waals surface area contributed by atoms with Crippen molar-refractivity contribution in [2.75, 3.05) is 17.2 Å². The van der Waals surface area contributed by atoms with E-state index >= 15 is 0 Å². The molecule has 86 valence electrons. The number of fused-ring (bicyclic) bond motifs is 1. The molecule has 1 fully saturated rings. The highest BCUT2D eigenvalue weighted by molar-refractivity contribution is 5.74. The largest absolute Gasteiger partial charge is 0.397 e. The molecule has 1 aromatic carbocycles. The zero-order valence-corrected chi connectivity index (χ0v) is 9.39. The third kappa shape index (κ3) is 1.39. The highest BCUT2D eigenvalue weighted by atomic mass is 16.3.